The van der Waals surface area contributed by atoms with Crippen LogP contribution < -0.4 is 10.0 Å². The van der Waals surface area contributed by atoms with Gasteiger partial charge in [-0.1, -0.05) is 48.5 Å². The zero-order valence-corrected chi connectivity index (χ0v) is 16.5. The fourth-order valence-corrected chi connectivity index (χ4v) is 4.54. The molecule has 144 valence electrons. The molecule has 0 radical (unpaired) electrons. The molecule has 4 rings (SSSR count). The minimum atomic E-state index is -3.29. The molecule has 28 heavy (non-hydrogen) atoms. The SMILES string of the molecule is CNS(=O)(=O)Cc1ccc(CNC(=O)c2ccc3c4c(cccc24)CC3)cc1. The minimum Gasteiger partial charge on any atom is -0.348 e. The molecule has 1 aliphatic carbocycles. The molecule has 3 aromatic rings. The van der Waals surface area contributed by atoms with Crippen molar-refractivity contribution in [1.29, 1.82) is 0 Å². The van der Waals surface area contributed by atoms with Crippen LogP contribution in [0.15, 0.2) is 54.6 Å². The van der Waals surface area contributed by atoms with Crippen molar-refractivity contribution in [2.24, 2.45) is 0 Å². The molecule has 0 aliphatic heterocycles. The summed E-state index contributed by atoms with van der Waals surface area (Å²) in [7, 11) is -1.89. The minimum absolute atomic E-state index is 0.0587. The molecule has 5 nitrogen and oxygen atoms in total. The third-order valence-electron chi connectivity index (χ3n) is 5.27. The summed E-state index contributed by atoms with van der Waals surface area (Å²) >= 11 is 0. The molecule has 0 saturated carbocycles. The molecule has 1 aliphatic rings. The molecule has 6 heteroatoms. The molecule has 3 aromatic carbocycles. The monoisotopic (exact) mass is 394 g/mol. The van der Waals surface area contributed by atoms with Crippen molar-refractivity contribution in [3.8, 4) is 0 Å². The highest BCUT2D eigenvalue weighted by Crippen LogP contribution is 2.32. The number of nitrogens with one attached hydrogen (secondary N) is 2. The van der Waals surface area contributed by atoms with Crippen LogP contribution in [0.2, 0.25) is 0 Å². The highest BCUT2D eigenvalue weighted by Gasteiger charge is 2.18. The lowest BCUT2D eigenvalue weighted by molar-refractivity contribution is 0.0952. The average Bonchev–Trinajstić information content (AvgIpc) is 3.12. The Balaban J connectivity index is 1.48. The van der Waals surface area contributed by atoms with E-state index in [9.17, 15) is 13.2 Å². The van der Waals surface area contributed by atoms with Gasteiger partial charge in [-0.15, -0.1) is 0 Å². The number of hydrogen-bond donors (Lipinski definition) is 2. The fraction of sp³-hybridized carbons (Fsp3) is 0.227. The Morgan fingerprint density at radius 2 is 1.61 bits per heavy atom. The van der Waals surface area contributed by atoms with Gasteiger partial charge in [0.2, 0.25) is 10.0 Å². The number of sulfonamides is 1. The lowest BCUT2D eigenvalue weighted by atomic mass is 9.99. The molecule has 0 aromatic heterocycles. The Morgan fingerprint density at radius 3 is 2.32 bits per heavy atom. The highest BCUT2D eigenvalue weighted by atomic mass is 32.2. The third kappa shape index (κ3) is 3.66. The summed E-state index contributed by atoms with van der Waals surface area (Å²) in [6, 6.07) is 17.4. The molecule has 0 fully saturated rings. The van der Waals surface area contributed by atoms with Crippen LogP contribution in [-0.2, 0) is 35.2 Å². The summed E-state index contributed by atoms with van der Waals surface area (Å²) in [5, 5.41) is 5.21. The molecular weight excluding hydrogens is 372 g/mol. The van der Waals surface area contributed by atoms with Gasteiger partial charge < -0.3 is 5.32 Å². The molecule has 0 heterocycles. The van der Waals surface area contributed by atoms with E-state index in [0.29, 0.717) is 17.7 Å². The number of benzene rings is 3. The number of amides is 1. The van der Waals surface area contributed by atoms with E-state index in [1.165, 1.54) is 23.6 Å². The van der Waals surface area contributed by atoms with Crippen molar-refractivity contribution in [2.75, 3.05) is 7.05 Å². The summed E-state index contributed by atoms with van der Waals surface area (Å²) in [5.41, 5.74) is 4.95. The fourth-order valence-electron chi connectivity index (χ4n) is 3.77. The topological polar surface area (TPSA) is 75.3 Å². The van der Waals surface area contributed by atoms with Gasteiger partial charge >= 0.3 is 0 Å². The number of carbonyl (C=O) groups excluding carboxylic acids is 1. The van der Waals surface area contributed by atoms with Crippen molar-refractivity contribution >= 4 is 26.7 Å². The maximum Gasteiger partial charge on any atom is 0.252 e. The van der Waals surface area contributed by atoms with Gasteiger partial charge in [-0.2, -0.15) is 0 Å². The molecule has 0 saturated heterocycles. The van der Waals surface area contributed by atoms with Crippen molar-refractivity contribution in [2.45, 2.75) is 25.1 Å². The molecule has 0 spiro atoms. The Morgan fingerprint density at radius 1 is 0.929 bits per heavy atom. The summed E-state index contributed by atoms with van der Waals surface area (Å²) in [6.07, 6.45) is 2.07. The Hall–Kier alpha value is -2.70. The Labute approximate surface area is 164 Å². The van der Waals surface area contributed by atoms with Crippen molar-refractivity contribution in [1.82, 2.24) is 10.0 Å². The molecule has 0 bridgehead atoms. The maximum absolute atomic E-state index is 12.8. The maximum atomic E-state index is 12.8. The predicted octanol–water partition coefficient (Wildman–Crippen LogP) is 2.92. The summed E-state index contributed by atoms with van der Waals surface area (Å²) < 4.78 is 25.5. The van der Waals surface area contributed by atoms with E-state index in [2.05, 4.69) is 22.2 Å². The van der Waals surface area contributed by atoms with Crippen LogP contribution in [0.5, 0.6) is 0 Å². The lowest BCUT2D eigenvalue weighted by Crippen LogP contribution is -2.23. The van der Waals surface area contributed by atoms with Gasteiger partial charge in [0.15, 0.2) is 0 Å². The Kier molecular flexibility index (Phi) is 4.91. The number of rotatable bonds is 6. The van der Waals surface area contributed by atoms with Crippen LogP contribution in [-0.4, -0.2) is 21.4 Å². The van der Waals surface area contributed by atoms with E-state index in [4.69, 9.17) is 0 Å². The first-order valence-corrected chi connectivity index (χ1v) is 10.9. The van der Waals surface area contributed by atoms with Gasteiger partial charge in [0.05, 0.1) is 5.75 Å². The van der Waals surface area contributed by atoms with Crippen LogP contribution in [0.3, 0.4) is 0 Å². The van der Waals surface area contributed by atoms with Crippen molar-refractivity contribution < 1.29 is 13.2 Å². The normalized spacial score (nSPS) is 13.0. The zero-order chi connectivity index (χ0) is 19.7. The van der Waals surface area contributed by atoms with Gasteiger partial charge in [-0.3, -0.25) is 4.79 Å². The largest absolute Gasteiger partial charge is 0.348 e. The van der Waals surface area contributed by atoms with E-state index in [1.807, 2.05) is 30.3 Å². The van der Waals surface area contributed by atoms with Crippen LogP contribution in [0.4, 0.5) is 0 Å². The van der Waals surface area contributed by atoms with E-state index >= 15 is 0 Å². The second kappa shape index (κ2) is 7.37. The second-order valence-corrected chi connectivity index (χ2v) is 9.00. The van der Waals surface area contributed by atoms with Gasteiger partial charge in [-0.25, -0.2) is 13.1 Å². The van der Waals surface area contributed by atoms with Gasteiger partial charge in [0, 0.05) is 12.1 Å². The molecular formula is C22H22N2O3S. The standard InChI is InChI=1S/C22H22N2O3S/c1-23-28(26,27)14-16-7-5-15(6-8-16)13-24-22(25)20-12-11-18-10-9-17-3-2-4-19(20)21(17)18/h2-8,11-12,23H,9-10,13-14H2,1H3,(H,24,25). The van der Waals surface area contributed by atoms with E-state index in [-0.39, 0.29) is 11.7 Å². The van der Waals surface area contributed by atoms with E-state index < -0.39 is 10.0 Å². The molecule has 0 atom stereocenters. The van der Waals surface area contributed by atoms with Crippen molar-refractivity contribution in [3.63, 3.8) is 0 Å². The number of hydrogen-bond acceptors (Lipinski definition) is 3. The van der Waals surface area contributed by atoms with E-state index in [1.54, 1.807) is 12.1 Å². The first kappa shape index (κ1) is 18.7. The first-order chi connectivity index (χ1) is 13.5. The first-order valence-electron chi connectivity index (χ1n) is 9.27. The van der Waals surface area contributed by atoms with Crippen molar-refractivity contribution in [3.05, 3.63) is 82.4 Å². The smallest absolute Gasteiger partial charge is 0.252 e. The molecule has 1 amide bonds. The summed E-state index contributed by atoms with van der Waals surface area (Å²) in [5.74, 6) is -0.158. The third-order valence-corrected chi connectivity index (χ3v) is 6.60. The quantitative estimate of drug-likeness (QED) is 0.675. The van der Waals surface area contributed by atoms with Crippen LogP contribution in [0, 0.1) is 0 Å². The molecule has 0 unspecified atom stereocenters. The predicted molar refractivity (Wildman–Crippen MR) is 111 cm³/mol. The summed E-state index contributed by atoms with van der Waals surface area (Å²) in [4.78, 5) is 12.8. The van der Waals surface area contributed by atoms with Gasteiger partial charge in [-0.05, 0) is 59.0 Å². The highest BCUT2D eigenvalue weighted by molar-refractivity contribution is 7.88. The number of aryl methyl sites for hydroxylation is 2. The lowest BCUT2D eigenvalue weighted by Gasteiger charge is -2.10. The number of carbonyl (C=O) groups is 1. The van der Waals surface area contributed by atoms with Crippen LogP contribution in [0.1, 0.15) is 32.6 Å². The molecule has 2 N–H and O–H groups in total. The Bertz CT molecular complexity index is 1140. The van der Waals surface area contributed by atoms with E-state index in [0.717, 1.165) is 23.8 Å². The van der Waals surface area contributed by atoms with Crippen LogP contribution in [0.25, 0.3) is 10.8 Å². The average molecular weight is 394 g/mol. The second-order valence-electron chi connectivity index (χ2n) is 7.07. The zero-order valence-electron chi connectivity index (χ0n) is 15.7. The van der Waals surface area contributed by atoms with Gasteiger partial charge in [0.25, 0.3) is 5.91 Å². The summed E-state index contributed by atoms with van der Waals surface area (Å²) in [6.45, 7) is 0.390. The van der Waals surface area contributed by atoms with Gasteiger partial charge in [0.1, 0.15) is 0 Å². The van der Waals surface area contributed by atoms with Crippen LogP contribution >= 0.6 is 0 Å².